The first-order valence-corrected chi connectivity index (χ1v) is 6.26. The predicted octanol–water partition coefficient (Wildman–Crippen LogP) is 2.84. The van der Waals surface area contributed by atoms with Gasteiger partial charge in [-0.1, -0.05) is 13.8 Å². The molecule has 1 aromatic rings. The van der Waals surface area contributed by atoms with Gasteiger partial charge in [-0.15, -0.1) is 11.6 Å². The molecule has 0 aromatic carbocycles. The fourth-order valence-electron chi connectivity index (χ4n) is 2.20. The Bertz CT molecular complexity index is 348. The Hall–Kier alpha value is -0.830. The van der Waals surface area contributed by atoms with Crippen molar-refractivity contribution >= 4 is 17.4 Å². The number of piperidine rings is 1. The summed E-state index contributed by atoms with van der Waals surface area (Å²) in [5.74, 6) is 1.40. The lowest BCUT2D eigenvalue weighted by molar-refractivity contribution is 0.292. The lowest BCUT2D eigenvalue weighted by Crippen LogP contribution is -2.40. The maximum absolute atomic E-state index is 5.69. The first-order chi connectivity index (χ1) is 7.61. The fourth-order valence-corrected chi connectivity index (χ4v) is 2.34. The maximum atomic E-state index is 5.69. The van der Waals surface area contributed by atoms with Crippen LogP contribution in [-0.4, -0.2) is 23.1 Å². The van der Waals surface area contributed by atoms with Gasteiger partial charge in [0.1, 0.15) is 5.82 Å². The van der Waals surface area contributed by atoms with Crippen molar-refractivity contribution in [3.8, 4) is 0 Å². The van der Waals surface area contributed by atoms with E-state index in [2.05, 4.69) is 28.7 Å². The van der Waals surface area contributed by atoms with Crippen molar-refractivity contribution in [1.29, 1.82) is 0 Å². The third kappa shape index (κ3) is 2.64. The van der Waals surface area contributed by atoms with Crippen LogP contribution < -0.4 is 4.90 Å². The summed E-state index contributed by atoms with van der Waals surface area (Å²) in [4.78, 5) is 11.0. The van der Waals surface area contributed by atoms with Crippen molar-refractivity contribution in [2.45, 2.75) is 32.6 Å². The number of nitrogens with zero attached hydrogens (tertiary/aromatic N) is 3. The summed E-state index contributed by atoms with van der Waals surface area (Å²) in [5.41, 5.74) is 1.21. The van der Waals surface area contributed by atoms with Crippen LogP contribution in [0.5, 0.6) is 0 Å². The van der Waals surface area contributed by atoms with E-state index in [1.54, 1.807) is 6.20 Å². The molecular weight excluding hydrogens is 222 g/mol. The van der Waals surface area contributed by atoms with Crippen LogP contribution in [0.25, 0.3) is 0 Å². The highest BCUT2D eigenvalue weighted by atomic mass is 35.5. The van der Waals surface area contributed by atoms with Gasteiger partial charge in [0.05, 0.1) is 24.0 Å². The van der Waals surface area contributed by atoms with Gasteiger partial charge < -0.3 is 4.90 Å². The number of aromatic nitrogens is 2. The van der Waals surface area contributed by atoms with Gasteiger partial charge >= 0.3 is 0 Å². The van der Waals surface area contributed by atoms with Crippen LogP contribution in [-0.2, 0) is 5.88 Å². The molecule has 4 heteroatoms. The van der Waals surface area contributed by atoms with Crippen LogP contribution in [0, 0.1) is 5.41 Å². The molecule has 2 heterocycles. The van der Waals surface area contributed by atoms with E-state index < -0.39 is 0 Å². The maximum Gasteiger partial charge on any atom is 0.147 e. The van der Waals surface area contributed by atoms with Crippen LogP contribution in [0.2, 0.25) is 0 Å². The van der Waals surface area contributed by atoms with E-state index >= 15 is 0 Å². The second kappa shape index (κ2) is 4.58. The smallest absolute Gasteiger partial charge is 0.147 e. The molecule has 0 atom stereocenters. The quantitative estimate of drug-likeness (QED) is 0.744. The third-order valence-electron chi connectivity index (χ3n) is 3.05. The summed E-state index contributed by atoms with van der Waals surface area (Å²) in [6, 6.07) is 0. The Balaban J connectivity index is 2.11. The first kappa shape index (κ1) is 11.6. The lowest BCUT2D eigenvalue weighted by Gasteiger charge is -2.38. The first-order valence-electron chi connectivity index (χ1n) is 5.72. The van der Waals surface area contributed by atoms with Gasteiger partial charge in [0.15, 0.2) is 0 Å². The largest absolute Gasteiger partial charge is 0.355 e. The highest BCUT2D eigenvalue weighted by molar-refractivity contribution is 6.16. The second-order valence-electron chi connectivity index (χ2n) is 5.19. The molecule has 1 aliphatic heterocycles. The van der Waals surface area contributed by atoms with E-state index in [9.17, 15) is 0 Å². The molecule has 88 valence electrons. The third-order valence-corrected chi connectivity index (χ3v) is 3.33. The Morgan fingerprint density at radius 3 is 2.75 bits per heavy atom. The number of halogens is 1. The summed E-state index contributed by atoms with van der Waals surface area (Å²) in [5, 5.41) is 0. The number of hydrogen-bond donors (Lipinski definition) is 0. The van der Waals surface area contributed by atoms with Gasteiger partial charge in [0.2, 0.25) is 0 Å². The van der Waals surface area contributed by atoms with Crippen molar-refractivity contribution in [3.63, 3.8) is 0 Å². The van der Waals surface area contributed by atoms with Gasteiger partial charge in [0.25, 0.3) is 0 Å². The van der Waals surface area contributed by atoms with Crippen LogP contribution >= 0.6 is 11.6 Å². The van der Waals surface area contributed by atoms with E-state index in [1.165, 1.54) is 12.8 Å². The average Bonchev–Trinajstić information content (AvgIpc) is 2.28. The molecule has 0 amide bonds. The minimum atomic E-state index is 0.380. The molecule has 0 N–H and O–H groups in total. The number of anilines is 1. The van der Waals surface area contributed by atoms with Gasteiger partial charge in [-0.25, -0.2) is 4.98 Å². The van der Waals surface area contributed by atoms with Crippen LogP contribution in [0.3, 0.4) is 0 Å². The van der Waals surface area contributed by atoms with Crippen molar-refractivity contribution in [1.82, 2.24) is 9.97 Å². The molecule has 0 radical (unpaired) electrons. The Morgan fingerprint density at radius 1 is 1.38 bits per heavy atom. The standard InChI is InChI=1S/C12H18ClN3/c1-12(2)4-3-5-16(9-12)11-8-14-10(6-13)7-15-11/h7-8H,3-6,9H2,1-2H3. The Morgan fingerprint density at radius 2 is 2.19 bits per heavy atom. The van der Waals surface area contributed by atoms with Crippen molar-refractivity contribution in [2.75, 3.05) is 18.0 Å². The van der Waals surface area contributed by atoms with Crippen molar-refractivity contribution < 1.29 is 0 Å². The van der Waals surface area contributed by atoms with Crippen LogP contribution in [0.4, 0.5) is 5.82 Å². The van der Waals surface area contributed by atoms with E-state index in [4.69, 9.17) is 11.6 Å². The van der Waals surface area contributed by atoms with E-state index in [1.807, 2.05) is 6.20 Å². The summed E-state index contributed by atoms with van der Waals surface area (Å²) < 4.78 is 0. The minimum Gasteiger partial charge on any atom is -0.355 e. The average molecular weight is 240 g/mol. The summed E-state index contributed by atoms with van der Waals surface area (Å²) >= 11 is 5.69. The zero-order valence-corrected chi connectivity index (χ0v) is 10.7. The molecule has 0 saturated carbocycles. The molecule has 0 bridgehead atoms. The molecule has 1 aliphatic rings. The van der Waals surface area contributed by atoms with E-state index in [-0.39, 0.29) is 0 Å². The fraction of sp³-hybridized carbons (Fsp3) is 0.667. The molecule has 0 spiro atoms. The molecule has 0 unspecified atom stereocenters. The topological polar surface area (TPSA) is 29.0 Å². The van der Waals surface area contributed by atoms with Crippen molar-refractivity contribution in [3.05, 3.63) is 18.1 Å². The molecule has 3 nitrogen and oxygen atoms in total. The SMILES string of the molecule is CC1(C)CCCN(c2cnc(CCl)cn2)C1. The Labute approximate surface area is 102 Å². The molecule has 1 saturated heterocycles. The molecule has 1 fully saturated rings. The number of alkyl halides is 1. The summed E-state index contributed by atoms with van der Waals surface area (Å²) in [6.07, 6.45) is 6.12. The normalized spacial score (nSPS) is 19.8. The zero-order valence-electron chi connectivity index (χ0n) is 9.91. The number of rotatable bonds is 2. The van der Waals surface area contributed by atoms with E-state index in [0.29, 0.717) is 11.3 Å². The Kier molecular flexibility index (Phi) is 3.33. The monoisotopic (exact) mass is 239 g/mol. The van der Waals surface area contributed by atoms with Crippen molar-refractivity contribution in [2.24, 2.45) is 5.41 Å². The molecule has 2 rings (SSSR count). The predicted molar refractivity (Wildman–Crippen MR) is 66.8 cm³/mol. The summed E-state index contributed by atoms with van der Waals surface area (Å²) in [6.45, 7) is 6.75. The molecule has 1 aromatic heterocycles. The van der Waals surface area contributed by atoms with Gasteiger partial charge in [0, 0.05) is 13.1 Å². The summed E-state index contributed by atoms with van der Waals surface area (Å²) in [7, 11) is 0. The van der Waals surface area contributed by atoms with Crippen LogP contribution in [0.15, 0.2) is 12.4 Å². The van der Waals surface area contributed by atoms with Gasteiger partial charge in [-0.05, 0) is 18.3 Å². The highest BCUT2D eigenvalue weighted by Crippen LogP contribution is 2.30. The van der Waals surface area contributed by atoms with Gasteiger partial charge in [-0.3, -0.25) is 4.98 Å². The second-order valence-corrected chi connectivity index (χ2v) is 5.46. The molecule has 16 heavy (non-hydrogen) atoms. The highest BCUT2D eigenvalue weighted by Gasteiger charge is 2.26. The van der Waals surface area contributed by atoms with Gasteiger partial charge in [-0.2, -0.15) is 0 Å². The molecule has 0 aliphatic carbocycles. The molecular formula is C12H18ClN3. The van der Waals surface area contributed by atoms with E-state index in [0.717, 1.165) is 24.6 Å². The lowest BCUT2D eigenvalue weighted by atomic mass is 9.84. The zero-order chi connectivity index (χ0) is 11.6. The van der Waals surface area contributed by atoms with Crippen LogP contribution in [0.1, 0.15) is 32.4 Å². The number of hydrogen-bond acceptors (Lipinski definition) is 3. The minimum absolute atomic E-state index is 0.380.